The van der Waals surface area contributed by atoms with E-state index in [1.807, 2.05) is 37.4 Å². The van der Waals surface area contributed by atoms with Crippen LogP contribution < -0.4 is 5.32 Å². The Morgan fingerprint density at radius 2 is 2.04 bits per heavy atom. The monoisotopic (exact) mass is 330 g/mol. The number of amides is 1. The highest BCUT2D eigenvalue weighted by atomic mass is 16.2. The van der Waals surface area contributed by atoms with Crippen LogP contribution in [0.25, 0.3) is 0 Å². The first-order chi connectivity index (χ1) is 11.4. The van der Waals surface area contributed by atoms with Gasteiger partial charge in [-0.15, -0.1) is 0 Å². The van der Waals surface area contributed by atoms with Crippen molar-refractivity contribution in [2.45, 2.75) is 33.2 Å². The Morgan fingerprint density at radius 3 is 2.62 bits per heavy atom. The minimum Gasteiger partial charge on any atom is -0.356 e. The highest BCUT2D eigenvalue weighted by molar-refractivity contribution is 5.81. The fourth-order valence-electron chi connectivity index (χ4n) is 3.04. The first-order valence-electron chi connectivity index (χ1n) is 8.65. The van der Waals surface area contributed by atoms with Gasteiger partial charge in [-0.1, -0.05) is 44.2 Å². The molecule has 5 nitrogen and oxygen atoms in total. The predicted octanol–water partition coefficient (Wildman–Crippen LogP) is 2.34. The molecule has 1 aromatic carbocycles. The molecule has 2 rings (SSSR count). The second kappa shape index (κ2) is 8.18. The summed E-state index contributed by atoms with van der Waals surface area (Å²) >= 11 is 0. The Balaban J connectivity index is 1.75. The lowest BCUT2D eigenvalue weighted by Crippen LogP contribution is -2.42. The van der Waals surface area contributed by atoms with Gasteiger partial charge in [0.05, 0.1) is 0 Å². The molecule has 1 aliphatic rings. The Kier molecular flexibility index (Phi) is 6.23. The van der Waals surface area contributed by atoms with Crippen LogP contribution in [0.1, 0.15) is 32.3 Å². The molecule has 0 saturated carbocycles. The molecule has 0 unspecified atom stereocenters. The van der Waals surface area contributed by atoms with Crippen molar-refractivity contribution in [1.82, 2.24) is 15.1 Å². The van der Waals surface area contributed by atoms with Crippen molar-refractivity contribution in [2.24, 2.45) is 10.4 Å². The molecule has 132 valence electrons. The number of hydrogen-bond donors (Lipinski definition) is 1. The minimum absolute atomic E-state index is 0.142. The van der Waals surface area contributed by atoms with Crippen molar-refractivity contribution in [2.75, 3.05) is 33.7 Å². The smallest absolute Gasteiger partial charge is 0.224 e. The van der Waals surface area contributed by atoms with Gasteiger partial charge in [0.15, 0.2) is 5.96 Å². The molecule has 24 heavy (non-hydrogen) atoms. The Morgan fingerprint density at radius 1 is 1.33 bits per heavy atom. The quantitative estimate of drug-likeness (QED) is 0.666. The second-order valence-electron chi connectivity index (χ2n) is 7.30. The summed E-state index contributed by atoms with van der Waals surface area (Å²) in [5.74, 6) is 1.04. The number of likely N-dealkylation sites (tertiary alicyclic amines) is 1. The van der Waals surface area contributed by atoms with Gasteiger partial charge in [-0.3, -0.25) is 9.79 Å². The Labute approximate surface area is 145 Å². The lowest BCUT2D eigenvalue weighted by atomic mass is 9.93. The van der Waals surface area contributed by atoms with Gasteiger partial charge in [0.1, 0.15) is 0 Å². The van der Waals surface area contributed by atoms with Crippen LogP contribution in [0.5, 0.6) is 0 Å². The first kappa shape index (κ1) is 18.3. The summed E-state index contributed by atoms with van der Waals surface area (Å²) in [7, 11) is 3.66. The normalized spacial score (nSPS) is 17.0. The second-order valence-corrected chi connectivity index (χ2v) is 7.30. The summed E-state index contributed by atoms with van der Waals surface area (Å²) in [6.07, 6.45) is 1.64. The van der Waals surface area contributed by atoms with Crippen LogP contribution in [0.3, 0.4) is 0 Å². The molecule has 1 N–H and O–H groups in total. The molecule has 0 aromatic heterocycles. The van der Waals surface area contributed by atoms with E-state index in [-0.39, 0.29) is 5.91 Å². The summed E-state index contributed by atoms with van der Waals surface area (Å²) in [5.41, 5.74) is 1.49. The average Bonchev–Trinajstić information content (AvgIpc) is 2.92. The molecule has 0 spiro atoms. The third-order valence-corrected chi connectivity index (χ3v) is 4.50. The molecular formula is C19H30N4O. The molecule has 1 fully saturated rings. The largest absolute Gasteiger partial charge is 0.356 e. The van der Waals surface area contributed by atoms with E-state index in [2.05, 4.69) is 29.1 Å². The van der Waals surface area contributed by atoms with Gasteiger partial charge in [0.25, 0.3) is 0 Å². The van der Waals surface area contributed by atoms with Crippen molar-refractivity contribution in [3.05, 3.63) is 35.9 Å². The molecule has 0 aliphatic carbocycles. The van der Waals surface area contributed by atoms with Crippen molar-refractivity contribution in [1.29, 1.82) is 0 Å². The van der Waals surface area contributed by atoms with Crippen LogP contribution in [0.2, 0.25) is 0 Å². The summed E-state index contributed by atoms with van der Waals surface area (Å²) in [6.45, 7) is 7.85. The topological polar surface area (TPSA) is 47.9 Å². The van der Waals surface area contributed by atoms with Gasteiger partial charge in [-0.25, -0.2) is 0 Å². The fourth-order valence-corrected chi connectivity index (χ4v) is 3.04. The number of guanidine groups is 1. The van der Waals surface area contributed by atoms with Crippen LogP contribution in [0.4, 0.5) is 0 Å². The van der Waals surface area contributed by atoms with E-state index in [0.717, 1.165) is 24.6 Å². The van der Waals surface area contributed by atoms with Crippen LogP contribution in [-0.2, 0) is 11.3 Å². The van der Waals surface area contributed by atoms with Crippen molar-refractivity contribution >= 4 is 11.9 Å². The van der Waals surface area contributed by atoms with Gasteiger partial charge in [0, 0.05) is 46.7 Å². The molecule has 1 amide bonds. The lowest BCUT2D eigenvalue weighted by molar-refractivity contribution is -0.130. The van der Waals surface area contributed by atoms with Gasteiger partial charge in [-0.05, 0) is 17.4 Å². The number of rotatable bonds is 5. The summed E-state index contributed by atoms with van der Waals surface area (Å²) < 4.78 is 0. The van der Waals surface area contributed by atoms with E-state index >= 15 is 0 Å². The maximum atomic E-state index is 12.3. The van der Waals surface area contributed by atoms with Crippen LogP contribution in [0.15, 0.2) is 35.3 Å². The molecule has 1 saturated heterocycles. The number of benzene rings is 1. The standard InChI is InChI=1S/C19H30N4O/c1-19(2)11-13-23(15-19)18(20-3)21-12-10-17(24)22(4)14-16-8-6-5-7-9-16/h5-9H,10-15H2,1-4H3,(H,20,21). The molecule has 1 aliphatic heterocycles. The van der Waals surface area contributed by atoms with E-state index in [4.69, 9.17) is 0 Å². The molecule has 0 radical (unpaired) electrons. The van der Waals surface area contributed by atoms with Crippen molar-refractivity contribution in [3.8, 4) is 0 Å². The molecular weight excluding hydrogens is 300 g/mol. The zero-order chi connectivity index (χ0) is 17.6. The van der Waals surface area contributed by atoms with Crippen molar-refractivity contribution in [3.63, 3.8) is 0 Å². The maximum Gasteiger partial charge on any atom is 0.224 e. The average molecular weight is 330 g/mol. The highest BCUT2D eigenvalue weighted by Crippen LogP contribution is 2.28. The van der Waals surface area contributed by atoms with Crippen LogP contribution >= 0.6 is 0 Å². The summed E-state index contributed by atoms with van der Waals surface area (Å²) in [5, 5.41) is 3.33. The molecule has 5 heteroatoms. The number of nitrogens with zero attached hydrogens (tertiary/aromatic N) is 3. The van der Waals surface area contributed by atoms with Crippen LogP contribution in [0, 0.1) is 5.41 Å². The van der Waals surface area contributed by atoms with E-state index in [1.54, 1.807) is 11.9 Å². The number of carbonyl (C=O) groups excluding carboxylic acids is 1. The Bertz CT molecular complexity index is 568. The third kappa shape index (κ3) is 5.25. The van der Waals surface area contributed by atoms with Crippen molar-refractivity contribution < 1.29 is 4.79 Å². The molecule has 0 atom stereocenters. The highest BCUT2D eigenvalue weighted by Gasteiger charge is 2.30. The third-order valence-electron chi connectivity index (χ3n) is 4.50. The van der Waals surface area contributed by atoms with Gasteiger partial charge in [0.2, 0.25) is 5.91 Å². The molecule has 1 heterocycles. The van der Waals surface area contributed by atoms with E-state index in [9.17, 15) is 4.79 Å². The SMILES string of the molecule is CN=C(NCCC(=O)N(C)Cc1ccccc1)N1CCC(C)(C)C1. The summed E-state index contributed by atoms with van der Waals surface area (Å²) in [6, 6.07) is 10.1. The van der Waals surface area contributed by atoms with Gasteiger partial charge in [-0.2, -0.15) is 0 Å². The first-order valence-corrected chi connectivity index (χ1v) is 8.65. The van der Waals surface area contributed by atoms with Crippen LogP contribution in [-0.4, -0.2) is 55.4 Å². The minimum atomic E-state index is 0.142. The van der Waals surface area contributed by atoms with E-state index < -0.39 is 0 Å². The number of nitrogens with one attached hydrogen (secondary N) is 1. The number of carbonyl (C=O) groups is 1. The Hall–Kier alpha value is -2.04. The predicted molar refractivity (Wildman–Crippen MR) is 98.9 cm³/mol. The van der Waals surface area contributed by atoms with E-state index in [1.165, 1.54) is 6.42 Å². The number of aliphatic imine (C=N–C) groups is 1. The molecule has 1 aromatic rings. The number of hydrogen-bond acceptors (Lipinski definition) is 2. The zero-order valence-corrected chi connectivity index (χ0v) is 15.4. The maximum absolute atomic E-state index is 12.3. The van der Waals surface area contributed by atoms with Gasteiger partial charge >= 0.3 is 0 Å². The van der Waals surface area contributed by atoms with Gasteiger partial charge < -0.3 is 15.1 Å². The fraction of sp³-hybridized carbons (Fsp3) is 0.579. The lowest BCUT2D eigenvalue weighted by Gasteiger charge is -2.24. The molecule has 0 bridgehead atoms. The summed E-state index contributed by atoms with van der Waals surface area (Å²) in [4.78, 5) is 20.7. The zero-order valence-electron chi connectivity index (χ0n) is 15.4. The van der Waals surface area contributed by atoms with E-state index in [0.29, 0.717) is 24.9 Å².